The Morgan fingerprint density at radius 1 is 1.14 bits per heavy atom. The van der Waals surface area contributed by atoms with Gasteiger partial charge < -0.3 is 10.1 Å². The van der Waals surface area contributed by atoms with E-state index >= 15 is 0 Å². The third-order valence-corrected chi connectivity index (χ3v) is 5.95. The molecule has 0 saturated heterocycles. The molecule has 1 atom stereocenters. The molecule has 1 N–H and O–H groups in total. The molecule has 0 fully saturated rings. The first-order chi connectivity index (χ1) is 13.6. The third kappa shape index (κ3) is 5.19. The molecule has 0 aliphatic heterocycles. The summed E-state index contributed by atoms with van der Waals surface area (Å²) < 4.78 is 30.8. The van der Waals surface area contributed by atoms with Crippen LogP contribution in [0.3, 0.4) is 0 Å². The van der Waals surface area contributed by atoms with Crippen LogP contribution in [0.2, 0.25) is 0 Å². The first-order valence-corrected chi connectivity index (χ1v) is 10.1. The second-order valence-electron chi connectivity index (χ2n) is 6.49. The monoisotopic (exact) mass is 415 g/mol. The third-order valence-electron chi connectivity index (χ3n) is 4.14. The minimum Gasteiger partial charge on any atom is -0.449 e. The Hall–Kier alpha value is -3.22. The minimum atomic E-state index is -3.72. The standard InChI is InChI=1S/C20H21N3O5S/c1-13-5-10-17(29(26,27)23(3)4)11-18(13)20(25)28-14(2)19(24)22-16-8-6-15(12-21)7-9-16/h5-11,14H,1-4H3,(H,22,24)/t14-/m0/s1. The predicted molar refractivity (Wildman–Crippen MR) is 107 cm³/mol. The number of benzene rings is 2. The van der Waals surface area contributed by atoms with Crippen molar-refractivity contribution in [1.29, 1.82) is 5.26 Å². The van der Waals surface area contributed by atoms with Gasteiger partial charge in [0, 0.05) is 19.8 Å². The summed E-state index contributed by atoms with van der Waals surface area (Å²) in [6.07, 6.45) is -1.12. The fraction of sp³-hybridized carbons (Fsp3) is 0.250. The molecular formula is C20H21N3O5S. The number of hydrogen-bond donors (Lipinski definition) is 1. The van der Waals surface area contributed by atoms with Crippen LogP contribution in [0.15, 0.2) is 47.4 Å². The zero-order chi connectivity index (χ0) is 21.8. The van der Waals surface area contributed by atoms with Crippen LogP contribution in [0, 0.1) is 18.3 Å². The Labute approximate surface area is 169 Å². The number of ether oxygens (including phenoxy) is 1. The Balaban J connectivity index is 2.14. The summed E-state index contributed by atoms with van der Waals surface area (Å²) >= 11 is 0. The van der Waals surface area contributed by atoms with E-state index < -0.39 is 28.0 Å². The maximum absolute atomic E-state index is 12.5. The van der Waals surface area contributed by atoms with Gasteiger partial charge in [-0.1, -0.05) is 6.07 Å². The summed E-state index contributed by atoms with van der Waals surface area (Å²) in [4.78, 5) is 24.8. The molecular weight excluding hydrogens is 394 g/mol. The van der Waals surface area contributed by atoms with Crippen molar-refractivity contribution in [2.75, 3.05) is 19.4 Å². The van der Waals surface area contributed by atoms with Crippen molar-refractivity contribution in [2.24, 2.45) is 0 Å². The number of hydrogen-bond acceptors (Lipinski definition) is 6. The maximum atomic E-state index is 12.5. The number of carbonyl (C=O) groups is 2. The van der Waals surface area contributed by atoms with Crippen molar-refractivity contribution in [3.63, 3.8) is 0 Å². The van der Waals surface area contributed by atoms with E-state index in [2.05, 4.69) is 5.32 Å². The van der Waals surface area contributed by atoms with Crippen molar-refractivity contribution in [3.05, 3.63) is 59.2 Å². The minimum absolute atomic E-state index is 0.0465. The number of sulfonamides is 1. The van der Waals surface area contributed by atoms with Gasteiger partial charge in [-0.3, -0.25) is 4.79 Å². The summed E-state index contributed by atoms with van der Waals surface area (Å²) in [7, 11) is -0.934. The smallest absolute Gasteiger partial charge is 0.339 e. The Morgan fingerprint density at radius 3 is 2.31 bits per heavy atom. The lowest BCUT2D eigenvalue weighted by Crippen LogP contribution is -2.30. The van der Waals surface area contributed by atoms with Crippen LogP contribution in [0.25, 0.3) is 0 Å². The fourth-order valence-electron chi connectivity index (χ4n) is 2.34. The van der Waals surface area contributed by atoms with E-state index in [0.29, 0.717) is 16.8 Å². The largest absolute Gasteiger partial charge is 0.449 e. The highest BCUT2D eigenvalue weighted by Gasteiger charge is 2.23. The van der Waals surface area contributed by atoms with Gasteiger partial charge in [-0.25, -0.2) is 17.5 Å². The van der Waals surface area contributed by atoms with E-state index in [1.807, 2.05) is 6.07 Å². The number of aryl methyl sites for hydroxylation is 1. The Bertz CT molecular complexity index is 1070. The van der Waals surface area contributed by atoms with Gasteiger partial charge in [0.2, 0.25) is 10.0 Å². The summed E-state index contributed by atoms with van der Waals surface area (Å²) in [6.45, 7) is 3.05. The van der Waals surface area contributed by atoms with Crippen molar-refractivity contribution < 1.29 is 22.7 Å². The van der Waals surface area contributed by atoms with Gasteiger partial charge in [0.15, 0.2) is 6.10 Å². The second-order valence-corrected chi connectivity index (χ2v) is 8.64. The van der Waals surface area contributed by atoms with Crippen molar-refractivity contribution in [2.45, 2.75) is 24.8 Å². The highest BCUT2D eigenvalue weighted by Crippen LogP contribution is 2.19. The molecule has 9 heteroatoms. The number of nitrogens with one attached hydrogen (secondary N) is 1. The van der Waals surface area contributed by atoms with E-state index in [1.165, 1.54) is 39.2 Å². The molecule has 0 bridgehead atoms. The highest BCUT2D eigenvalue weighted by molar-refractivity contribution is 7.89. The summed E-state index contributed by atoms with van der Waals surface area (Å²) in [5.74, 6) is -1.36. The number of carbonyl (C=O) groups excluding carboxylic acids is 2. The number of rotatable bonds is 6. The second kappa shape index (κ2) is 8.86. The molecule has 0 spiro atoms. The first kappa shape index (κ1) is 22.1. The van der Waals surface area contributed by atoms with E-state index in [1.54, 1.807) is 31.2 Å². The molecule has 2 aromatic carbocycles. The number of esters is 1. The topological polar surface area (TPSA) is 117 Å². The van der Waals surface area contributed by atoms with Gasteiger partial charge in [-0.2, -0.15) is 5.26 Å². The van der Waals surface area contributed by atoms with Crippen LogP contribution in [0.5, 0.6) is 0 Å². The van der Waals surface area contributed by atoms with Gasteiger partial charge >= 0.3 is 5.97 Å². The molecule has 0 aliphatic rings. The van der Waals surface area contributed by atoms with Crippen LogP contribution in [0.4, 0.5) is 5.69 Å². The molecule has 0 saturated carbocycles. The number of anilines is 1. The number of nitrogens with zero attached hydrogens (tertiary/aromatic N) is 2. The molecule has 152 valence electrons. The first-order valence-electron chi connectivity index (χ1n) is 8.61. The quantitative estimate of drug-likeness (QED) is 0.724. The number of amides is 1. The number of nitriles is 1. The summed E-state index contributed by atoms with van der Waals surface area (Å²) in [5.41, 5.74) is 1.48. The van der Waals surface area contributed by atoms with Crippen molar-refractivity contribution in [1.82, 2.24) is 4.31 Å². The van der Waals surface area contributed by atoms with Crippen LogP contribution in [-0.2, 0) is 19.6 Å². The molecule has 0 radical (unpaired) electrons. The molecule has 29 heavy (non-hydrogen) atoms. The Morgan fingerprint density at radius 2 is 1.76 bits per heavy atom. The molecule has 0 unspecified atom stereocenters. The molecule has 8 nitrogen and oxygen atoms in total. The summed E-state index contributed by atoms with van der Waals surface area (Å²) in [6, 6.07) is 12.3. The lowest BCUT2D eigenvalue weighted by molar-refractivity contribution is -0.123. The fourth-order valence-corrected chi connectivity index (χ4v) is 3.27. The van der Waals surface area contributed by atoms with E-state index in [9.17, 15) is 18.0 Å². The Kier molecular flexibility index (Phi) is 6.74. The molecule has 2 aromatic rings. The molecule has 1 amide bonds. The van der Waals surface area contributed by atoms with Crippen molar-refractivity contribution >= 4 is 27.6 Å². The highest BCUT2D eigenvalue weighted by atomic mass is 32.2. The molecule has 0 heterocycles. The zero-order valence-electron chi connectivity index (χ0n) is 16.5. The zero-order valence-corrected chi connectivity index (χ0v) is 17.3. The summed E-state index contributed by atoms with van der Waals surface area (Å²) in [5, 5.41) is 11.4. The average Bonchev–Trinajstić information content (AvgIpc) is 2.68. The van der Waals surface area contributed by atoms with Gasteiger partial charge in [-0.15, -0.1) is 0 Å². The lowest BCUT2D eigenvalue weighted by atomic mass is 10.1. The SMILES string of the molecule is Cc1ccc(S(=O)(=O)N(C)C)cc1C(=O)O[C@@H](C)C(=O)Nc1ccc(C#N)cc1. The average molecular weight is 415 g/mol. The van der Waals surface area contributed by atoms with Gasteiger partial charge in [0.05, 0.1) is 22.1 Å². The van der Waals surface area contributed by atoms with Crippen molar-refractivity contribution in [3.8, 4) is 6.07 Å². The van der Waals surface area contributed by atoms with Crippen LogP contribution in [0.1, 0.15) is 28.4 Å². The van der Waals surface area contributed by atoms with Crippen LogP contribution < -0.4 is 5.32 Å². The predicted octanol–water partition coefficient (Wildman–Crippen LogP) is 2.30. The van der Waals surface area contributed by atoms with E-state index in [0.717, 1.165) is 4.31 Å². The van der Waals surface area contributed by atoms with Crippen LogP contribution >= 0.6 is 0 Å². The van der Waals surface area contributed by atoms with E-state index in [4.69, 9.17) is 10.00 Å². The van der Waals surface area contributed by atoms with Crippen LogP contribution in [-0.4, -0.2) is 44.8 Å². The van der Waals surface area contributed by atoms with Gasteiger partial charge in [0.1, 0.15) is 0 Å². The van der Waals surface area contributed by atoms with Gasteiger partial charge in [-0.05, 0) is 55.8 Å². The molecule has 0 aliphatic carbocycles. The van der Waals surface area contributed by atoms with E-state index in [-0.39, 0.29) is 10.5 Å². The maximum Gasteiger partial charge on any atom is 0.339 e. The lowest BCUT2D eigenvalue weighted by Gasteiger charge is -2.16. The molecule has 0 aromatic heterocycles. The normalized spacial score (nSPS) is 12.1. The molecule has 2 rings (SSSR count). The van der Waals surface area contributed by atoms with Gasteiger partial charge in [0.25, 0.3) is 5.91 Å².